The first-order chi connectivity index (χ1) is 30.7. The standard InChI is InChI=1S/C48H65N3O12S2/c1-27(2)45(56)62-39-25-41(53)51(8)35-23-32(22-28(3)12-11-13-38(60-10)48(58)26-37(61-46(57)50-48)31(6)44-47(39,7)63-44)24-36(59-9)43(35)33-16-18-34(19-17-33)49-40(52)20-14-29(4)64-65-30(5)15-21-42(54)55/h11-13,16-19,23-24,27,29-31,37-39,44,58H,14-15,20-22,25-26H2,1-10H3,(H,49,52)(H,50,57)(H,54,55)/b13-11+,28-12+/t29?,30?,31-,37+,38-,39+,44+,47+,48+/m1/s1. The molecule has 0 aliphatic carbocycles. The van der Waals surface area contributed by atoms with E-state index >= 15 is 0 Å². The van der Waals surface area contributed by atoms with Gasteiger partial charge in [-0.3, -0.25) is 24.5 Å². The molecule has 2 aromatic rings. The number of benzene rings is 2. The number of anilines is 2. The van der Waals surface area contributed by atoms with E-state index in [0.29, 0.717) is 48.4 Å². The number of amides is 3. The number of carbonyl (C=O) groups is 5. The lowest BCUT2D eigenvalue weighted by atomic mass is 9.83. The number of carbonyl (C=O) groups excluding carboxylic acids is 4. The van der Waals surface area contributed by atoms with Gasteiger partial charge in [0.1, 0.15) is 29.7 Å². The average Bonchev–Trinajstić information content (AvgIpc) is 3.95. The van der Waals surface area contributed by atoms with Crippen molar-refractivity contribution in [3.63, 3.8) is 0 Å². The summed E-state index contributed by atoms with van der Waals surface area (Å²) in [6.45, 7) is 13.0. The van der Waals surface area contributed by atoms with E-state index in [1.165, 1.54) is 12.0 Å². The lowest BCUT2D eigenvalue weighted by molar-refractivity contribution is -0.157. The van der Waals surface area contributed by atoms with Crippen LogP contribution in [0.25, 0.3) is 11.1 Å². The summed E-state index contributed by atoms with van der Waals surface area (Å²) < 4.78 is 29.8. The number of hydrogen-bond donors (Lipinski definition) is 4. The molecule has 0 radical (unpaired) electrons. The molecule has 2 saturated heterocycles. The molecule has 9 atom stereocenters. The van der Waals surface area contributed by atoms with Gasteiger partial charge in [0, 0.05) is 61.1 Å². The van der Waals surface area contributed by atoms with Gasteiger partial charge in [0.25, 0.3) is 0 Å². The van der Waals surface area contributed by atoms with Gasteiger partial charge in [0.2, 0.25) is 11.8 Å². The van der Waals surface area contributed by atoms with Crippen LogP contribution in [0.15, 0.2) is 60.2 Å². The number of epoxide rings is 1. The molecule has 65 heavy (non-hydrogen) atoms. The number of ether oxygens (including phenoxy) is 5. The summed E-state index contributed by atoms with van der Waals surface area (Å²) in [5.41, 5.74) is 1.31. The van der Waals surface area contributed by atoms with Gasteiger partial charge >= 0.3 is 18.0 Å². The second-order valence-corrected chi connectivity index (χ2v) is 21.0. The molecule has 15 nitrogen and oxygen atoms in total. The number of carboxylic acid groups (broad SMARTS) is 1. The van der Waals surface area contributed by atoms with Gasteiger partial charge < -0.3 is 44.1 Å². The number of esters is 1. The van der Waals surface area contributed by atoms with E-state index < -0.39 is 65.6 Å². The van der Waals surface area contributed by atoms with E-state index in [1.807, 2.05) is 51.1 Å². The molecule has 2 unspecified atom stereocenters. The lowest BCUT2D eigenvalue weighted by Crippen LogP contribution is -2.63. The predicted molar refractivity (Wildman–Crippen MR) is 253 cm³/mol. The van der Waals surface area contributed by atoms with Crippen LogP contribution in [0.1, 0.15) is 92.6 Å². The van der Waals surface area contributed by atoms with Gasteiger partial charge in [-0.05, 0) is 68.5 Å². The Morgan fingerprint density at radius 2 is 1.69 bits per heavy atom. The summed E-state index contributed by atoms with van der Waals surface area (Å²) in [6, 6.07) is 11.2. The zero-order valence-electron chi connectivity index (χ0n) is 39.0. The summed E-state index contributed by atoms with van der Waals surface area (Å²) in [5.74, 6) is -2.28. The minimum atomic E-state index is -1.82. The van der Waals surface area contributed by atoms with Gasteiger partial charge in [-0.15, -0.1) is 0 Å². The number of nitrogens with one attached hydrogen (secondary N) is 2. The molecule has 17 heteroatoms. The number of aliphatic carboxylic acids is 1. The second kappa shape index (κ2) is 22.3. The topological polar surface area (TPSA) is 203 Å². The molecule has 4 bridgehead atoms. The van der Waals surface area contributed by atoms with E-state index in [2.05, 4.69) is 17.6 Å². The molecule has 4 N–H and O–H groups in total. The number of allylic oxidation sites excluding steroid dienone is 3. The quantitative estimate of drug-likeness (QED) is 0.0758. The highest BCUT2D eigenvalue weighted by Gasteiger charge is 2.64. The van der Waals surface area contributed by atoms with Crippen LogP contribution in [0, 0.1) is 11.8 Å². The van der Waals surface area contributed by atoms with Crippen LogP contribution in [-0.4, -0.2) is 108 Å². The number of fused-ring (bicyclic) bond motifs is 5. The summed E-state index contributed by atoms with van der Waals surface area (Å²) in [6.07, 6.45) is 2.98. The number of alkyl carbamates (subject to hydrolysis) is 1. The molecule has 356 valence electrons. The monoisotopic (exact) mass is 939 g/mol. The molecule has 0 saturated carbocycles. The Labute approximate surface area is 390 Å². The van der Waals surface area contributed by atoms with E-state index in [1.54, 1.807) is 80.8 Å². The third-order valence-corrected chi connectivity index (χ3v) is 15.7. The van der Waals surface area contributed by atoms with Gasteiger partial charge in [0.05, 0.1) is 31.2 Å². The maximum absolute atomic E-state index is 14.6. The smallest absolute Gasteiger partial charge is 0.409 e. The molecule has 2 fully saturated rings. The van der Waals surface area contributed by atoms with Crippen molar-refractivity contribution in [3.05, 3.63) is 65.8 Å². The number of carboxylic acids is 1. The molecule has 2 aromatic carbocycles. The molecular formula is C48H65N3O12S2. The second-order valence-electron chi connectivity index (χ2n) is 17.8. The first-order valence-electron chi connectivity index (χ1n) is 22.1. The Kier molecular flexibility index (Phi) is 17.6. The summed E-state index contributed by atoms with van der Waals surface area (Å²) in [5, 5.41) is 26.7. The molecule has 3 aliphatic rings. The van der Waals surface area contributed by atoms with Crippen molar-refractivity contribution in [2.75, 3.05) is 31.5 Å². The lowest BCUT2D eigenvalue weighted by Gasteiger charge is -2.42. The molecule has 3 amide bonds. The molecule has 3 aliphatic heterocycles. The van der Waals surface area contributed by atoms with Gasteiger partial charge in [0.15, 0.2) is 5.72 Å². The van der Waals surface area contributed by atoms with E-state index in [0.717, 1.165) is 16.7 Å². The number of methoxy groups -OCH3 is 2. The van der Waals surface area contributed by atoms with Crippen LogP contribution in [0.2, 0.25) is 0 Å². The van der Waals surface area contributed by atoms with E-state index in [9.17, 15) is 29.1 Å². The first kappa shape index (κ1) is 51.4. The van der Waals surface area contributed by atoms with Crippen LogP contribution >= 0.6 is 21.6 Å². The number of aliphatic hydroxyl groups is 1. The average molecular weight is 940 g/mol. The minimum Gasteiger partial charge on any atom is -0.496 e. The van der Waals surface area contributed by atoms with Crippen LogP contribution in [0.3, 0.4) is 0 Å². The first-order valence-corrected chi connectivity index (χ1v) is 24.3. The van der Waals surface area contributed by atoms with Crippen LogP contribution < -0.4 is 20.3 Å². The van der Waals surface area contributed by atoms with Crippen LogP contribution in [-0.2, 0) is 44.5 Å². The molecule has 0 spiro atoms. The summed E-state index contributed by atoms with van der Waals surface area (Å²) in [4.78, 5) is 66.2. The molecule has 3 heterocycles. The van der Waals surface area contributed by atoms with Crippen molar-refractivity contribution in [1.82, 2.24) is 5.32 Å². The van der Waals surface area contributed by atoms with E-state index in [4.69, 9.17) is 28.8 Å². The largest absolute Gasteiger partial charge is 0.496 e. The molecule has 5 rings (SSSR count). The van der Waals surface area contributed by atoms with Crippen molar-refractivity contribution >= 4 is 62.8 Å². The minimum absolute atomic E-state index is 0.0293. The van der Waals surface area contributed by atoms with Crippen molar-refractivity contribution in [3.8, 4) is 16.9 Å². The summed E-state index contributed by atoms with van der Waals surface area (Å²) >= 11 is 0. The number of nitrogens with zero attached hydrogens (tertiary/aromatic N) is 1. The fourth-order valence-electron chi connectivity index (χ4n) is 8.11. The third kappa shape index (κ3) is 13.3. The van der Waals surface area contributed by atoms with E-state index in [-0.39, 0.29) is 41.6 Å². The molecule has 0 aromatic heterocycles. The maximum atomic E-state index is 14.6. The third-order valence-electron chi connectivity index (χ3n) is 12.1. The van der Waals surface area contributed by atoms with Gasteiger partial charge in [-0.2, -0.15) is 0 Å². The highest BCUT2D eigenvalue weighted by atomic mass is 33.1. The zero-order chi connectivity index (χ0) is 47.8. The fourth-order valence-corrected chi connectivity index (χ4v) is 10.6. The highest BCUT2D eigenvalue weighted by molar-refractivity contribution is 8.77. The normalized spacial score (nSPS) is 28.1. The molecular weight excluding hydrogens is 875 g/mol. The van der Waals surface area contributed by atoms with Crippen LogP contribution in [0.5, 0.6) is 5.75 Å². The van der Waals surface area contributed by atoms with Crippen LogP contribution in [0.4, 0.5) is 16.2 Å². The van der Waals surface area contributed by atoms with Crippen molar-refractivity contribution in [2.45, 2.75) is 140 Å². The van der Waals surface area contributed by atoms with Crippen molar-refractivity contribution < 1.29 is 57.9 Å². The van der Waals surface area contributed by atoms with Crippen molar-refractivity contribution in [2.24, 2.45) is 11.8 Å². The Balaban J connectivity index is 1.46. The Bertz CT molecular complexity index is 2110. The zero-order valence-corrected chi connectivity index (χ0v) is 40.6. The van der Waals surface area contributed by atoms with Gasteiger partial charge in [-0.1, -0.05) is 92.1 Å². The Morgan fingerprint density at radius 1 is 1.03 bits per heavy atom. The summed E-state index contributed by atoms with van der Waals surface area (Å²) in [7, 11) is 7.98. The maximum Gasteiger partial charge on any atom is 0.409 e. The Morgan fingerprint density at radius 3 is 2.31 bits per heavy atom. The number of hydrogen-bond acceptors (Lipinski definition) is 13. The van der Waals surface area contributed by atoms with Crippen molar-refractivity contribution in [1.29, 1.82) is 0 Å². The van der Waals surface area contributed by atoms with Gasteiger partial charge in [-0.25, -0.2) is 4.79 Å². The Hall–Kier alpha value is -4.55. The predicted octanol–water partition coefficient (Wildman–Crippen LogP) is 8.08. The number of rotatable bonds is 15. The highest BCUT2D eigenvalue weighted by Crippen LogP contribution is 2.49. The fraction of sp³-hybridized carbons (Fsp3) is 0.562. The SMILES string of the molecule is COc1cc2cc(c1-c1ccc(NC(=O)CCC(C)SSC(C)CCC(=O)O)cc1)N(C)C(=O)C[C@H](OC(=O)C(C)C)[C@]1(C)O[C@H]1[C@H](C)[C@@H]1C[C@@](O)(NC(=O)O1)[C@H](OC)/C=C/C=C(\C)C2.